The summed E-state index contributed by atoms with van der Waals surface area (Å²) < 4.78 is 11.3. The Bertz CT molecular complexity index is 417. The summed E-state index contributed by atoms with van der Waals surface area (Å²) in [4.78, 5) is 11.6. The fraction of sp³-hybridized carbons (Fsp3) is 0.750. The topological polar surface area (TPSA) is 86.5 Å². The van der Waals surface area contributed by atoms with Gasteiger partial charge in [0, 0.05) is 6.61 Å². The first-order valence-electron chi connectivity index (χ1n) is 6.28. The van der Waals surface area contributed by atoms with Gasteiger partial charge in [-0.3, -0.25) is 0 Å². The second-order valence-electron chi connectivity index (χ2n) is 4.46. The van der Waals surface area contributed by atoms with Gasteiger partial charge in [-0.1, -0.05) is 19.1 Å². The number of hydrogen-bond acceptors (Lipinski definition) is 6. The molecule has 0 saturated carbocycles. The average Bonchev–Trinajstić information content (AvgIpc) is 2.79. The van der Waals surface area contributed by atoms with Gasteiger partial charge in [-0.25, -0.2) is 9.48 Å². The number of esters is 1. The van der Waals surface area contributed by atoms with Crippen LogP contribution in [0.25, 0.3) is 0 Å². The lowest BCUT2D eigenvalue weighted by Crippen LogP contribution is -2.24. The molecule has 7 heteroatoms. The second kappa shape index (κ2) is 7.20. The third kappa shape index (κ3) is 4.00. The van der Waals surface area contributed by atoms with Crippen molar-refractivity contribution in [1.29, 1.82) is 0 Å². The number of methoxy groups -OCH3 is 1. The van der Waals surface area contributed by atoms with E-state index in [1.54, 1.807) is 0 Å². The highest BCUT2D eigenvalue weighted by Crippen LogP contribution is 2.18. The van der Waals surface area contributed by atoms with Crippen LogP contribution in [0.2, 0.25) is 0 Å². The van der Waals surface area contributed by atoms with E-state index in [1.807, 2.05) is 20.8 Å². The number of hydrogen-bond donors (Lipinski definition) is 1. The van der Waals surface area contributed by atoms with Crippen molar-refractivity contribution >= 4 is 5.97 Å². The first-order chi connectivity index (χ1) is 9.01. The molecule has 1 heterocycles. The molecule has 0 fully saturated rings. The van der Waals surface area contributed by atoms with E-state index in [0.717, 1.165) is 0 Å². The Labute approximate surface area is 112 Å². The summed E-state index contributed by atoms with van der Waals surface area (Å²) in [6.45, 7) is 6.71. The van der Waals surface area contributed by atoms with Crippen molar-refractivity contribution < 1.29 is 19.4 Å². The molecule has 0 amide bonds. The number of ether oxygens (including phenoxy) is 2. The third-order valence-electron chi connectivity index (χ3n) is 2.60. The Morgan fingerprint density at radius 2 is 2.16 bits per heavy atom. The van der Waals surface area contributed by atoms with Gasteiger partial charge >= 0.3 is 5.97 Å². The molecular weight excluding hydrogens is 250 g/mol. The van der Waals surface area contributed by atoms with E-state index in [0.29, 0.717) is 12.3 Å². The largest absolute Gasteiger partial charge is 0.464 e. The van der Waals surface area contributed by atoms with Gasteiger partial charge in [0.05, 0.1) is 32.1 Å². The van der Waals surface area contributed by atoms with Gasteiger partial charge in [-0.05, 0) is 12.8 Å². The molecule has 1 aromatic heterocycles. The highest BCUT2D eigenvalue weighted by atomic mass is 16.5. The Balaban J connectivity index is 2.89. The number of nitrogens with zero attached hydrogens (tertiary/aromatic N) is 3. The molecule has 7 nitrogen and oxygen atoms in total. The quantitative estimate of drug-likeness (QED) is 0.730. The Morgan fingerprint density at radius 3 is 2.68 bits per heavy atom. The smallest absolute Gasteiger partial charge is 0.360 e. The molecule has 0 aliphatic rings. The van der Waals surface area contributed by atoms with Crippen molar-refractivity contribution in [1.82, 2.24) is 15.0 Å². The zero-order valence-corrected chi connectivity index (χ0v) is 11.8. The molecule has 1 aromatic rings. The highest BCUT2D eigenvalue weighted by molar-refractivity contribution is 5.88. The van der Waals surface area contributed by atoms with Crippen LogP contribution in [-0.2, 0) is 16.0 Å². The molecule has 108 valence electrons. The van der Waals surface area contributed by atoms with Crippen LogP contribution in [0.1, 0.15) is 42.9 Å². The molecule has 1 atom stereocenters. The Kier molecular flexibility index (Phi) is 5.91. The second-order valence-corrected chi connectivity index (χ2v) is 4.46. The predicted octanol–water partition coefficient (Wildman–Crippen LogP) is 0.585. The summed E-state index contributed by atoms with van der Waals surface area (Å²) in [5.74, 6) is -0.474. The molecule has 0 bridgehead atoms. The summed E-state index contributed by atoms with van der Waals surface area (Å²) in [5.41, 5.74) is 0.850. The molecule has 0 aliphatic heterocycles. The van der Waals surface area contributed by atoms with Gasteiger partial charge in [0.1, 0.15) is 0 Å². The molecule has 0 spiro atoms. The molecule has 1 N–H and O–H groups in total. The van der Waals surface area contributed by atoms with Gasteiger partial charge < -0.3 is 14.6 Å². The number of aliphatic hydroxyl groups is 1. The van der Waals surface area contributed by atoms with Crippen LogP contribution in [0.5, 0.6) is 0 Å². The third-order valence-corrected chi connectivity index (χ3v) is 2.60. The minimum Gasteiger partial charge on any atom is -0.464 e. The lowest BCUT2D eigenvalue weighted by Gasteiger charge is -2.14. The lowest BCUT2D eigenvalue weighted by molar-refractivity contribution is 0.0307. The summed E-state index contributed by atoms with van der Waals surface area (Å²) in [5, 5.41) is 17.5. The molecule has 19 heavy (non-hydrogen) atoms. The molecule has 0 aromatic carbocycles. The maximum atomic E-state index is 11.6. The van der Waals surface area contributed by atoms with E-state index >= 15 is 0 Å². The molecule has 0 aliphatic carbocycles. The maximum Gasteiger partial charge on any atom is 0.360 e. The zero-order chi connectivity index (χ0) is 14.4. The van der Waals surface area contributed by atoms with Gasteiger partial charge in [-0.2, -0.15) is 0 Å². The standard InChI is InChI=1S/C12H21N3O4/c1-5-19-7-9(16)6-15-11(8(2)3)10(13-14-15)12(17)18-4/h8-9,16H,5-7H2,1-4H3. The van der Waals surface area contributed by atoms with Crippen LogP contribution in [0.15, 0.2) is 0 Å². The van der Waals surface area contributed by atoms with Crippen molar-refractivity contribution in [3.63, 3.8) is 0 Å². The molecular formula is C12H21N3O4. The van der Waals surface area contributed by atoms with Crippen LogP contribution >= 0.6 is 0 Å². The first-order valence-corrected chi connectivity index (χ1v) is 6.28. The Hall–Kier alpha value is -1.47. The lowest BCUT2D eigenvalue weighted by atomic mass is 10.1. The number of aromatic nitrogens is 3. The Morgan fingerprint density at radius 1 is 1.47 bits per heavy atom. The van der Waals surface area contributed by atoms with Gasteiger partial charge in [0.25, 0.3) is 0 Å². The van der Waals surface area contributed by atoms with Crippen LogP contribution < -0.4 is 0 Å². The number of carbonyl (C=O) groups excluding carboxylic acids is 1. The fourth-order valence-electron chi connectivity index (χ4n) is 1.77. The van der Waals surface area contributed by atoms with E-state index in [2.05, 4.69) is 15.0 Å². The molecule has 1 unspecified atom stereocenters. The van der Waals surface area contributed by atoms with E-state index < -0.39 is 12.1 Å². The summed E-state index contributed by atoms with van der Waals surface area (Å²) in [7, 11) is 1.30. The van der Waals surface area contributed by atoms with Crippen LogP contribution in [-0.4, -0.2) is 52.5 Å². The normalized spacial score (nSPS) is 12.7. The fourth-order valence-corrected chi connectivity index (χ4v) is 1.77. The predicted molar refractivity (Wildman–Crippen MR) is 68.0 cm³/mol. The molecule has 0 radical (unpaired) electrons. The SMILES string of the molecule is CCOCC(O)Cn1nnc(C(=O)OC)c1C(C)C. The zero-order valence-electron chi connectivity index (χ0n) is 11.8. The molecule has 1 rings (SSSR count). The van der Waals surface area contributed by atoms with Crippen molar-refractivity contribution in [2.24, 2.45) is 0 Å². The van der Waals surface area contributed by atoms with Gasteiger partial charge in [-0.15, -0.1) is 5.10 Å². The van der Waals surface area contributed by atoms with E-state index in [9.17, 15) is 9.90 Å². The minimum atomic E-state index is -0.690. The average molecular weight is 271 g/mol. The first kappa shape index (κ1) is 15.6. The highest BCUT2D eigenvalue weighted by Gasteiger charge is 2.23. The monoisotopic (exact) mass is 271 g/mol. The van der Waals surface area contributed by atoms with Crippen LogP contribution in [0, 0.1) is 0 Å². The van der Waals surface area contributed by atoms with Crippen LogP contribution in [0.4, 0.5) is 0 Å². The van der Waals surface area contributed by atoms with Crippen molar-refractivity contribution in [2.75, 3.05) is 20.3 Å². The summed E-state index contributed by atoms with van der Waals surface area (Å²) in [6, 6.07) is 0. The number of rotatable bonds is 7. The van der Waals surface area contributed by atoms with E-state index in [1.165, 1.54) is 11.8 Å². The van der Waals surface area contributed by atoms with Gasteiger partial charge in [0.15, 0.2) is 5.69 Å². The number of aliphatic hydroxyl groups excluding tert-OH is 1. The van der Waals surface area contributed by atoms with Crippen molar-refractivity contribution in [3.05, 3.63) is 11.4 Å². The minimum absolute atomic E-state index is 0.0448. The number of carbonyl (C=O) groups is 1. The molecule has 0 saturated heterocycles. The van der Waals surface area contributed by atoms with Crippen molar-refractivity contribution in [3.8, 4) is 0 Å². The van der Waals surface area contributed by atoms with Crippen molar-refractivity contribution in [2.45, 2.75) is 39.3 Å². The summed E-state index contributed by atoms with van der Waals surface area (Å²) in [6.07, 6.45) is -0.690. The summed E-state index contributed by atoms with van der Waals surface area (Å²) >= 11 is 0. The van der Waals surface area contributed by atoms with E-state index in [4.69, 9.17) is 4.74 Å². The van der Waals surface area contributed by atoms with Crippen LogP contribution in [0.3, 0.4) is 0 Å². The van der Waals surface area contributed by atoms with E-state index in [-0.39, 0.29) is 24.8 Å². The van der Waals surface area contributed by atoms with Gasteiger partial charge in [0.2, 0.25) is 0 Å². The maximum absolute atomic E-state index is 11.6.